The Labute approximate surface area is 172 Å². The van der Waals surface area contributed by atoms with Gasteiger partial charge in [-0.3, -0.25) is 23.9 Å². The van der Waals surface area contributed by atoms with Crippen LogP contribution in [0.15, 0.2) is 66.9 Å². The zero-order valence-electron chi connectivity index (χ0n) is 16.2. The molecule has 3 rings (SSSR count). The smallest absolute Gasteiger partial charge is 0.287 e. The average molecular weight is 404 g/mol. The molecule has 1 atom stereocenters. The van der Waals surface area contributed by atoms with E-state index >= 15 is 0 Å². The first-order valence-corrected chi connectivity index (χ1v) is 9.18. The topological polar surface area (TPSA) is 124 Å². The van der Waals surface area contributed by atoms with Gasteiger partial charge in [0.2, 0.25) is 11.6 Å². The van der Waals surface area contributed by atoms with Crippen LogP contribution >= 0.6 is 0 Å². The van der Waals surface area contributed by atoms with Crippen LogP contribution in [-0.4, -0.2) is 39.2 Å². The molecule has 1 unspecified atom stereocenters. The fourth-order valence-electron chi connectivity index (χ4n) is 3.02. The quantitative estimate of drug-likeness (QED) is 0.429. The second-order valence-corrected chi connectivity index (χ2v) is 6.70. The Bertz CT molecular complexity index is 1090. The van der Waals surface area contributed by atoms with Crippen LogP contribution in [0, 0.1) is 0 Å². The van der Waals surface area contributed by atoms with Crippen molar-refractivity contribution in [3.63, 3.8) is 0 Å². The summed E-state index contributed by atoms with van der Waals surface area (Å²) in [5.74, 6) is -3.20. The van der Waals surface area contributed by atoms with Crippen molar-refractivity contribution in [1.29, 1.82) is 0 Å². The van der Waals surface area contributed by atoms with Crippen LogP contribution in [0.4, 0.5) is 0 Å². The highest BCUT2D eigenvalue weighted by atomic mass is 16.2. The molecule has 0 spiro atoms. The number of aromatic nitrogens is 2. The Hall–Kier alpha value is -4.07. The molecule has 30 heavy (non-hydrogen) atoms. The largest absolute Gasteiger partial charge is 0.363 e. The molecule has 1 heterocycles. The van der Waals surface area contributed by atoms with Crippen LogP contribution in [0.2, 0.25) is 0 Å². The number of rotatable bonds is 8. The van der Waals surface area contributed by atoms with Gasteiger partial charge in [0.05, 0.1) is 5.56 Å². The second-order valence-electron chi connectivity index (χ2n) is 6.70. The van der Waals surface area contributed by atoms with Crippen molar-refractivity contribution < 1.29 is 19.2 Å². The van der Waals surface area contributed by atoms with Crippen LogP contribution in [-0.2, 0) is 23.1 Å². The van der Waals surface area contributed by atoms with Crippen molar-refractivity contribution in [2.24, 2.45) is 12.8 Å². The third-order valence-electron chi connectivity index (χ3n) is 4.47. The summed E-state index contributed by atoms with van der Waals surface area (Å²) in [5.41, 5.74) is 6.22. The van der Waals surface area contributed by atoms with Crippen LogP contribution < -0.4 is 11.1 Å². The van der Waals surface area contributed by atoms with Gasteiger partial charge >= 0.3 is 0 Å². The maximum absolute atomic E-state index is 12.9. The third kappa shape index (κ3) is 4.67. The average Bonchev–Trinajstić information content (AvgIpc) is 3.15. The van der Waals surface area contributed by atoms with Crippen molar-refractivity contribution in [2.75, 3.05) is 0 Å². The summed E-state index contributed by atoms with van der Waals surface area (Å²) in [7, 11) is 1.58. The zero-order valence-corrected chi connectivity index (χ0v) is 16.2. The van der Waals surface area contributed by atoms with E-state index in [0.29, 0.717) is 5.56 Å². The van der Waals surface area contributed by atoms with E-state index in [4.69, 9.17) is 5.73 Å². The van der Waals surface area contributed by atoms with Gasteiger partial charge in [-0.1, -0.05) is 60.7 Å². The summed E-state index contributed by atoms with van der Waals surface area (Å²) in [6, 6.07) is 16.1. The van der Waals surface area contributed by atoms with Crippen LogP contribution in [0.5, 0.6) is 0 Å². The number of primary amides is 1. The summed E-state index contributed by atoms with van der Waals surface area (Å²) in [5, 5.41) is 6.64. The number of benzene rings is 2. The second kappa shape index (κ2) is 8.95. The number of hydrogen-bond acceptors (Lipinski definition) is 5. The number of carbonyl (C=O) groups excluding carboxylic acids is 4. The van der Waals surface area contributed by atoms with E-state index in [1.54, 1.807) is 61.6 Å². The molecule has 0 saturated carbocycles. The molecule has 8 heteroatoms. The Kier molecular flexibility index (Phi) is 6.17. The molecule has 0 aliphatic carbocycles. The molecule has 0 fully saturated rings. The number of ketones is 2. The van der Waals surface area contributed by atoms with E-state index in [1.165, 1.54) is 10.9 Å². The van der Waals surface area contributed by atoms with Crippen molar-refractivity contribution >= 4 is 23.4 Å². The van der Waals surface area contributed by atoms with E-state index in [0.717, 1.165) is 5.56 Å². The highest BCUT2D eigenvalue weighted by Gasteiger charge is 2.29. The Morgan fingerprint density at radius 2 is 1.60 bits per heavy atom. The maximum Gasteiger partial charge on any atom is 0.287 e. The first kappa shape index (κ1) is 20.7. The van der Waals surface area contributed by atoms with Gasteiger partial charge in [0.1, 0.15) is 11.7 Å². The predicted molar refractivity (Wildman–Crippen MR) is 109 cm³/mol. The number of amides is 2. The van der Waals surface area contributed by atoms with Crippen LogP contribution in [0.1, 0.15) is 32.0 Å². The molecule has 3 N–H and O–H groups in total. The molecule has 3 aromatic rings. The molecule has 0 saturated heterocycles. The van der Waals surface area contributed by atoms with Gasteiger partial charge in [-0.2, -0.15) is 5.10 Å². The van der Waals surface area contributed by atoms with E-state index in [2.05, 4.69) is 10.4 Å². The van der Waals surface area contributed by atoms with Crippen molar-refractivity contribution in [3.05, 3.63) is 89.2 Å². The monoisotopic (exact) mass is 404 g/mol. The molecule has 2 amide bonds. The molecule has 0 bridgehead atoms. The van der Waals surface area contributed by atoms with Gasteiger partial charge in [0, 0.05) is 25.2 Å². The summed E-state index contributed by atoms with van der Waals surface area (Å²) >= 11 is 0. The van der Waals surface area contributed by atoms with Gasteiger partial charge in [-0.15, -0.1) is 0 Å². The molecule has 1 aromatic heterocycles. The van der Waals surface area contributed by atoms with E-state index in [-0.39, 0.29) is 17.7 Å². The lowest BCUT2D eigenvalue weighted by Crippen LogP contribution is -2.47. The molecule has 152 valence electrons. The molecular weight excluding hydrogens is 384 g/mol. The molecule has 0 aliphatic rings. The number of carbonyl (C=O) groups is 4. The fraction of sp³-hybridized carbons (Fsp3) is 0.136. The molecule has 8 nitrogen and oxygen atoms in total. The SMILES string of the molecule is Cn1cc(C(=O)NC(Cc2ccccc2)C(=O)C(N)=O)c(C(=O)c2ccccc2)n1. The third-order valence-corrected chi connectivity index (χ3v) is 4.47. The van der Waals surface area contributed by atoms with Gasteiger partial charge in [-0.05, 0) is 5.56 Å². The predicted octanol–water partition coefficient (Wildman–Crippen LogP) is 1.05. The van der Waals surface area contributed by atoms with Crippen molar-refractivity contribution in [1.82, 2.24) is 15.1 Å². The number of nitrogens with zero attached hydrogens (tertiary/aromatic N) is 2. The molecule has 0 aliphatic heterocycles. The van der Waals surface area contributed by atoms with Gasteiger partial charge < -0.3 is 11.1 Å². The van der Waals surface area contributed by atoms with E-state index < -0.39 is 29.4 Å². The maximum atomic E-state index is 12.9. The normalized spacial score (nSPS) is 11.5. The van der Waals surface area contributed by atoms with E-state index in [9.17, 15) is 19.2 Å². The minimum Gasteiger partial charge on any atom is -0.363 e. The highest BCUT2D eigenvalue weighted by Crippen LogP contribution is 2.14. The lowest BCUT2D eigenvalue weighted by molar-refractivity contribution is -0.137. The van der Waals surface area contributed by atoms with Gasteiger partial charge in [0.25, 0.3) is 11.8 Å². The number of nitrogens with two attached hydrogens (primary N) is 1. The van der Waals surface area contributed by atoms with Crippen molar-refractivity contribution in [3.8, 4) is 0 Å². The summed E-state index contributed by atoms with van der Waals surface area (Å²) in [6.45, 7) is 0. The molecule has 2 aromatic carbocycles. The van der Waals surface area contributed by atoms with Crippen LogP contribution in [0.3, 0.4) is 0 Å². The van der Waals surface area contributed by atoms with Crippen molar-refractivity contribution in [2.45, 2.75) is 12.5 Å². The Morgan fingerprint density at radius 1 is 1.00 bits per heavy atom. The lowest BCUT2D eigenvalue weighted by atomic mass is 10.0. The molecular formula is C22H20N4O4. The molecule has 0 radical (unpaired) electrons. The number of nitrogens with one attached hydrogen (secondary N) is 1. The fourth-order valence-corrected chi connectivity index (χ4v) is 3.02. The highest BCUT2D eigenvalue weighted by molar-refractivity contribution is 6.38. The Morgan fingerprint density at radius 3 is 2.20 bits per heavy atom. The van der Waals surface area contributed by atoms with E-state index in [1.807, 2.05) is 6.07 Å². The first-order valence-electron chi connectivity index (χ1n) is 9.18. The summed E-state index contributed by atoms with van der Waals surface area (Å²) in [4.78, 5) is 49.5. The van der Waals surface area contributed by atoms with Crippen LogP contribution in [0.25, 0.3) is 0 Å². The summed E-state index contributed by atoms with van der Waals surface area (Å²) < 4.78 is 1.34. The standard InChI is InChI=1S/C22H20N4O4/c1-26-13-16(18(25-26)19(27)15-10-6-3-7-11-15)22(30)24-17(20(28)21(23)29)12-14-8-4-2-5-9-14/h2-11,13,17H,12H2,1H3,(H2,23,29)(H,24,30). The minimum absolute atomic E-state index is 0.00156. The Balaban J connectivity index is 1.88. The van der Waals surface area contributed by atoms with Gasteiger partial charge in [0.15, 0.2) is 0 Å². The summed E-state index contributed by atoms with van der Waals surface area (Å²) in [6.07, 6.45) is 1.47. The number of aryl methyl sites for hydroxylation is 1. The number of hydrogen-bond donors (Lipinski definition) is 2. The minimum atomic E-state index is -1.17. The lowest BCUT2D eigenvalue weighted by Gasteiger charge is -2.16. The zero-order chi connectivity index (χ0) is 21.7. The van der Waals surface area contributed by atoms with Gasteiger partial charge in [-0.25, -0.2) is 0 Å². The first-order chi connectivity index (χ1) is 14.4. The number of Topliss-reactive ketones (excluding diaryl/α,β-unsaturated/α-hetero) is 1.